The molecule has 2 aromatic carbocycles. The molecule has 2 aromatic heterocycles. The van der Waals surface area contributed by atoms with E-state index in [9.17, 15) is 9.18 Å². The van der Waals surface area contributed by atoms with Crippen LogP contribution in [0.4, 0.5) is 21.6 Å². The molecule has 1 fully saturated rings. The quantitative estimate of drug-likeness (QED) is 0.361. The molecule has 3 heterocycles. The Balaban J connectivity index is 1.36. The smallest absolute Gasteiger partial charge is 0.241 e. The van der Waals surface area contributed by atoms with E-state index in [-0.39, 0.29) is 17.6 Å². The van der Waals surface area contributed by atoms with Crippen LogP contribution in [0, 0.1) is 5.82 Å². The van der Waals surface area contributed by atoms with Gasteiger partial charge in [-0.1, -0.05) is 17.7 Å². The summed E-state index contributed by atoms with van der Waals surface area (Å²) in [5, 5.41) is 9.77. The molecule has 1 saturated heterocycles. The molecule has 34 heavy (non-hydrogen) atoms. The van der Waals surface area contributed by atoms with E-state index in [0.717, 1.165) is 18.7 Å². The lowest BCUT2D eigenvalue weighted by Crippen LogP contribution is -2.50. The minimum absolute atomic E-state index is 0.0698. The average molecular weight is 479 g/mol. The first kappa shape index (κ1) is 22.0. The van der Waals surface area contributed by atoms with Gasteiger partial charge in [0.1, 0.15) is 30.3 Å². The number of hydrogen-bond donors (Lipinski definition) is 3. The van der Waals surface area contributed by atoms with Crippen molar-refractivity contribution in [2.45, 2.75) is 19.1 Å². The second kappa shape index (κ2) is 9.58. The van der Waals surface area contributed by atoms with Crippen molar-refractivity contribution in [2.24, 2.45) is 0 Å². The third kappa shape index (κ3) is 4.75. The molecule has 1 aliphatic heterocycles. The van der Waals surface area contributed by atoms with Crippen molar-refractivity contribution >= 4 is 45.6 Å². The number of anilines is 3. The maximum atomic E-state index is 14.6. The molecule has 10 heteroatoms. The molecule has 0 bridgehead atoms. The van der Waals surface area contributed by atoms with Gasteiger partial charge in [0.2, 0.25) is 5.91 Å². The number of rotatable bonds is 7. The molecule has 1 aliphatic rings. The summed E-state index contributed by atoms with van der Waals surface area (Å²) in [4.78, 5) is 24.9. The Morgan fingerprint density at radius 3 is 2.79 bits per heavy atom. The maximum absolute atomic E-state index is 14.6. The zero-order valence-corrected chi connectivity index (χ0v) is 18.6. The minimum Gasteiger partial charge on any atom is -0.486 e. The van der Waals surface area contributed by atoms with E-state index in [0.29, 0.717) is 39.8 Å². The van der Waals surface area contributed by atoms with Gasteiger partial charge in [-0.2, -0.15) is 0 Å². The average Bonchev–Trinajstić information content (AvgIpc) is 2.79. The number of benzene rings is 2. The Labute approximate surface area is 199 Å². The number of amides is 1. The summed E-state index contributed by atoms with van der Waals surface area (Å²) < 4.78 is 20.3. The summed E-state index contributed by atoms with van der Waals surface area (Å²) in [5.41, 5.74) is 1.91. The van der Waals surface area contributed by atoms with Crippen LogP contribution in [0.1, 0.15) is 12.1 Å². The Morgan fingerprint density at radius 2 is 2.06 bits per heavy atom. The van der Waals surface area contributed by atoms with Gasteiger partial charge in [-0.25, -0.2) is 14.4 Å². The first-order valence-electron chi connectivity index (χ1n) is 10.6. The highest BCUT2D eigenvalue weighted by molar-refractivity contribution is 6.32. The van der Waals surface area contributed by atoms with E-state index in [1.165, 1.54) is 18.5 Å². The SMILES string of the molecule is O=C(Nc1cc2c(Nc3ccc(OCc4ccccn4)c(Cl)c3)ncnc2cc1F)[C@@H]1CCN1. The summed E-state index contributed by atoms with van der Waals surface area (Å²) in [6.45, 7) is 1.07. The molecule has 0 unspecified atom stereocenters. The fourth-order valence-electron chi connectivity index (χ4n) is 3.47. The summed E-state index contributed by atoms with van der Waals surface area (Å²) in [6.07, 6.45) is 3.76. The van der Waals surface area contributed by atoms with Gasteiger partial charge in [-0.05, 0) is 49.4 Å². The molecule has 1 atom stereocenters. The number of halogens is 2. The van der Waals surface area contributed by atoms with Gasteiger partial charge in [0.05, 0.1) is 28.0 Å². The van der Waals surface area contributed by atoms with Gasteiger partial charge >= 0.3 is 0 Å². The number of pyridine rings is 1. The highest BCUT2D eigenvalue weighted by Gasteiger charge is 2.25. The molecule has 8 nitrogen and oxygen atoms in total. The van der Waals surface area contributed by atoms with E-state index in [2.05, 4.69) is 30.9 Å². The maximum Gasteiger partial charge on any atom is 0.241 e. The van der Waals surface area contributed by atoms with Crippen molar-refractivity contribution < 1.29 is 13.9 Å². The van der Waals surface area contributed by atoms with Crippen LogP contribution in [0.2, 0.25) is 5.02 Å². The normalized spacial score (nSPS) is 14.9. The monoisotopic (exact) mass is 478 g/mol. The van der Waals surface area contributed by atoms with E-state index in [1.54, 1.807) is 24.4 Å². The first-order valence-corrected chi connectivity index (χ1v) is 11.0. The zero-order valence-electron chi connectivity index (χ0n) is 17.9. The van der Waals surface area contributed by atoms with Crippen molar-refractivity contribution in [3.63, 3.8) is 0 Å². The Kier molecular flexibility index (Phi) is 6.20. The van der Waals surface area contributed by atoms with Crippen LogP contribution in [0.5, 0.6) is 5.75 Å². The van der Waals surface area contributed by atoms with Gasteiger partial charge in [-0.15, -0.1) is 0 Å². The predicted molar refractivity (Wildman–Crippen MR) is 128 cm³/mol. The van der Waals surface area contributed by atoms with E-state index < -0.39 is 5.82 Å². The highest BCUT2D eigenvalue weighted by atomic mass is 35.5. The van der Waals surface area contributed by atoms with Crippen molar-refractivity contribution in [3.05, 3.63) is 77.6 Å². The minimum atomic E-state index is -0.567. The van der Waals surface area contributed by atoms with Gasteiger partial charge in [-0.3, -0.25) is 9.78 Å². The van der Waals surface area contributed by atoms with Crippen LogP contribution >= 0.6 is 11.6 Å². The van der Waals surface area contributed by atoms with Crippen LogP contribution in [0.25, 0.3) is 10.9 Å². The third-order valence-electron chi connectivity index (χ3n) is 5.42. The molecule has 0 saturated carbocycles. The highest BCUT2D eigenvalue weighted by Crippen LogP contribution is 2.32. The second-order valence-electron chi connectivity index (χ2n) is 7.74. The third-order valence-corrected chi connectivity index (χ3v) is 5.71. The summed E-state index contributed by atoms with van der Waals surface area (Å²) in [5.74, 6) is 0.119. The van der Waals surface area contributed by atoms with Crippen molar-refractivity contribution in [2.75, 3.05) is 17.2 Å². The molecule has 4 aromatic rings. The predicted octanol–water partition coefficient (Wildman–Crippen LogP) is 4.44. The van der Waals surface area contributed by atoms with Gasteiger partial charge in [0.15, 0.2) is 0 Å². The molecule has 0 aliphatic carbocycles. The van der Waals surface area contributed by atoms with Crippen LogP contribution in [0.3, 0.4) is 0 Å². The van der Waals surface area contributed by atoms with Gasteiger partial charge in [0.25, 0.3) is 0 Å². The van der Waals surface area contributed by atoms with Crippen molar-refractivity contribution in [1.82, 2.24) is 20.3 Å². The van der Waals surface area contributed by atoms with Crippen molar-refractivity contribution in [3.8, 4) is 5.75 Å². The fraction of sp³-hybridized carbons (Fsp3) is 0.167. The summed E-state index contributed by atoms with van der Waals surface area (Å²) >= 11 is 6.41. The van der Waals surface area contributed by atoms with E-state index in [4.69, 9.17) is 16.3 Å². The van der Waals surface area contributed by atoms with Crippen LogP contribution in [0.15, 0.2) is 61.1 Å². The lowest BCUT2D eigenvalue weighted by Gasteiger charge is -2.26. The molecule has 0 radical (unpaired) electrons. The fourth-order valence-corrected chi connectivity index (χ4v) is 3.71. The molecular weight excluding hydrogens is 459 g/mol. The topological polar surface area (TPSA) is 101 Å². The van der Waals surface area contributed by atoms with E-state index >= 15 is 0 Å². The zero-order chi connectivity index (χ0) is 23.5. The van der Waals surface area contributed by atoms with Crippen LogP contribution < -0.4 is 20.7 Å². The Morgan fingerprint density at radius 1 is 1.18 bits per heavy atom. The van der Waals surface area contributed by atoms with Crippen LogP contribution in [-0.2, 0) is 11.4 Å². The molecule has 1 amide bonds. The number of nitrogens with zero attached hydrogens (tertiary/aromatic N) is 3. The standard InChI is InChI=1S/C24H20ClFN6O2/c25-17-9-14(4-5-22(17)34-12-15-3-1-2-7-27-15)31-23-16-10-21(32-24(33)19-6-8-28-19)18(26)11-20(16)29-13-30-23/h1-5,7,9-11,13,19,28H,6,8,12H2,(H,32,33)(H,29,30,31)/t19-/m0/s1. The molecule has 172 valence electrons. The van der Waals surface area contributed by atoms with Crippen molar-refractivity contribution in [1.29, 1.82) is 0 Å². The largest absolute Gasteiger partial charge is 0.486 e. The van der Waals surface area contributed by atoms with Gasteiger partial charge < -0.3 is 20.7 Å². The molecule has 5 rings (SSSR count). The molecule has 0 spiro atoms. The van der Waals surface area contributed by atoms with Gasteiger partial charge in [0, 0.05) is 23.3 Å². The molecule has 3 N–H and O–H groups in total. The number of carbonyl (C=O) groups is 1. The molecular formula is C24H20ClFN6O2. The number of hydrogen-bond acceptors (Lipinski definition) is 7. The van der Waals surface area contributed by atoms with Crippen LogP contribution in [-0.4, -0.2) is 33.4 Å². The summed E-state index contributed by atoms with van der Waals surface area (Å²) in [7, 11) is 0. The summed E-state index contributed by atoms with van der Waals surface area (Å²) in [6, 6.07) is 13.3. The number of ether oxygens (including phenoxy) is 1. The number of fused-ring (bicyclic) bond motifs is 1. The lowest BCUT2D eigenvalue weighted by molar-refractivity contribution is -0.119. The number of aromatic nitrogens is 3. The second-order valence-corrected chi connectivity index (χ2v) is 8.14. The lowest BCUT2D eigenvalue weighted by atomic mass is 10.1. The number of nitrogens with one attached hydrogen (secondary N) is 3. The number of carbonyl (C=O) groups excluding carboxylic acids is 1. The Bertz CT molecular complexity index is 1350. The van der Waals surface area contributed by atoms with E-state index in [1.807, 2.05) is 18.2 Å². The Hall–Kier alpha value is -3.82. The first-order chi connectivity index (χ1) is 16.6.